The number of esters is 1. The Morgan fingerprint density at radius 3 is 2.48 bits per heavy atom. The number of hydrogen-bond acceptors (Lipinski definition) is 6. The van der Waals surface area contributed by atoms with E-state index in [1.807, 2.05) is 0 Å². The number of carbonyl (C=O) groups is 1. The van der Waals surface area contributed by atoms with Gasteiger partial charge in [0.1, 0.15) is 21.2 Å². The maximum absolute atomic E-state index is 14.4. The molecule has 1 atom stereocenters. The highest BCUT2D eigenvalue weighted by Gasteiger charge is 2.24. The van der Waals surface area contributed by atoms with Gasteiger partial charge >= 0.3 is 5.97 Å². The topological polar surface area (TPSA) is 104 Å². The zero-order chi connectivity index (χ0) is 19.2. The van der Waals surface area contributed by atoms with Crippen LogP contribution >= 0.6 is 0 Å². The molecule has 7 nitrogen and oxygen atoms in total. The molecule has 0 N–H and O–H groups in total. The van der Waals surface area contributed by atoms with Gasteiger partial charge in [-0.1, -0.05) is 6.92 Å². The molecule has 0 aliphatic heterocycles. The van der Waals surface area contributed by atoms with Gasteiger partial charge in [0.05, 0.1) is 18.6 Å². The molecule has 0 amide bonds. The zero-order valence-electron chi connectivity index (χ0n) is 13.7. The minimum Gasteiger partial charge on any atom is -0.755 e. The van der Waals surface area contributed by atoms with E-state index in [1.165, 1.54) is 0 Å². The van der Waals surface area contributed by atoms with E-state index in [1.54, 1.807) is 6.92 Å². The Morgan fingerprint density at radius 1 is 1.32 bits per heavy atom. The lowest BCUT2D eigenvalue weighted by Crippen LogP contribution is -2.30. The first-order chi connectivity index (χ1) is 11.6. The SMILES string of the molecule is CCCS(=O)(=O)CCCN(c1ccc(F)c(C(=O)OC)c1F)S(=O)[O-]. The Hall–Kier alpha value is -1.59. The molecule has 1 unspecified atom stereocenters. The standard InChI is InChI=1S/C14H19F2NO6S2/c1-3-8-25(21,22)9-4-7-17(24(19)20)11-6-5-10(15)12(13(11)16)14(18)23-2/h5-6H,3-4,7-9H2,1-2H3,(H,19,20)/p-1. The van der Waals surface area contributed by atoms with E-state index in [9.17, 15) is 30.8 Å². The third-order valence-electron chi connectivity index (χ3n) is 3.24. The summed E-state index contributed by atoms with van der Waals surface area (Å²) in [6, 6.07) is 1.59. The molecule has 25 heavy (non-hydrogen) atoms. The van der Waals surface area contributed by atoms with Gasteiger partial charge in [0, 0.05) is 23.6 Å². The van der Waals surface area contributed by atoms with Crippen LogP contribution in [-0.2, 0) is 25.8 Å². The van der Waals surface area contributed by atoms with Crippen molar-refractivity contribution in [1.82, 2.24) is 0 Å². The number of carbonyl (C=O) groups excluding carboxylic acids is 1. The second-order valence-electron chi connectivity index (χ2n) is 5.07. The number of rotatable bonds is 9. The summed E-state index contributed by atoms with van der Waals surface area (Å²) in [5.74, 6) is -4.20. The third kappa shape index (κ3) is 5.72. The fraction of sp³-hybridized carbons (Fsp3) is 0.500. The van der Waals surface area contributed by atoms with Crippen molar-refractivity contribution >= 4 is 32.8 Å². The summed E-state index contributed by atoms with van der Waals surface area (Å²) in [7, 11) is -2.41. The van der Waals surface area contributed by atoms with Crippen molar-refractivity contribution in [1.29, 1.82) is 0 Å². The van der Waals surface area contributed by atoms with Gasteiger partial charge in [-0.2, -0.15) is 0 Å². The van der Waals surface area contributed by atoms with E-state index in [0.717, 1.165) is 19.2 Å². The summed E-state index contributed by atoms with van der Waals surface area (Å²) in [5, 5.41) is 0. The number of nitrogens with zero attached hydrogens (tertiary/aromatic N) is 1. The van der Waals surface area contributed by atoms with E-state index < -0.39 is 50.0 Å². The van der Waals surface area contributed by atoms with Crippen LogP contribution in [0.4, 0.5) is 14.5 Å². The fourth-order valence-electron chi connectivity index (χ4n) is 2.14. The van der Waals surface area contributed by atoms with Crippen LogP contribution in [0.15, 0.2) is 12.1 Å². The van der Waals surface area contributed by atoms with Crippen LogP contribution in [0, 0.1) is 11.6 Å². The van der Waals surface area contributed by atoms with Gasteiger partial charge < -0.3 is 9.29 Å². The van der Waals surface area contributed by atoms with Crippen molar-refractivity contribution in [3.8, 4) is 0 Å². The van der Waals surface area contributed by atoms with Gasteiger partial charge in [0.15, 0.2) is 5.82 Å². The number of ether oxygens (including phenoxy) is 1. The molecule has 0 aliphatic carbocycles. The molecule has 11 heteroatoms. The highest BCUT2D eigenvalue weighted by atomic mass is 32.2. The number of sulfone groups is 1. The smallest absolute Gasteiger partial charge is 0.343 e. The largest absolute Gasteiger partial charge is 0.755 e. The van der Waals surface area contributed by atoms with Gasteiger partial charge in [-0.25, -0.2) is 22.0 Å². The first-order valence-corrected chi connectivity index (χ1v) is 10.1. The molecule has 0 heterocycles. The van der Waals surface area contributed by atoms with Gasteiger partial charge in [-0.3, -0.25) is 8.51 Å². The average molecular weight is 398 g/mol. The average Bonchev–Trinajstić information content (AvgIpc) is 2.52. The van der Waals surface area contributed by atoms with E-state index in [0.29, 0.717) is 10.7 Å². The summed E-state index contributed by atoms with van der Waals surface area (Å²) >= 11 is -2.95. The quantitative estimate of drug-likeness (QED) is 0.462. The minimum absolute atomic E-state index is 0.0368. The molecule has 0 saturated heterocycles. The molecule has 0 radical (unpaired) electrons. The van der Waals surface area contributed by atoms with Crippen molar-refractivity contribution in [3.63, 3.8) is 0 Å². The van der Waals surface area contributed by atoms with Crippen LogP contribution in [0.25, 0.3) is 0 Å². The maximum Gasteiger partial charge on any atom is 0.343 e. The fourth-order valence-corrected chi connectivity index (χ4v) is 4.11. The Balaban J connectivity index is 3.08. The number of anilines is 1. The highest BCUT2D eigenvalue weighted by molar-refractivity contribution is 7.91. The van der Waals surface area contributed by atoms with Crippen molar-refractivity contribution < 1.29 is 35.5 Å². The maximum atomic E-state index is 14.4. The van der Waals surface area contributed by atoms with Gasteiger partial charge in [-0.15, -0.1) is 0 Å². The van der Waals surface area contributed by atoms with Crippen LogP contribution in [0.3, 0.4) is 0 Å². The first-order valence-electron chi connectivity index (χ1n) is 7.28. The molecule has 1 aromatic carbocycles. The van der Waals surface area contributed by atoms with E-state index in [-0.39, 0.29) is 24.5 Å². The predicted octanol–water partition coefficient (Wildman–Crippen LogP) is 1.57. The summed E-state index contributed by atoms with van der Waals surface area (Å²) < 4.78 is 78.9. The van der Waals surface area contributed by atoms with Crippen molar-refractivity contribution in [2.75, 3.05) is 29.5 Å². The molecule has 1 aromatic rings. The molecular formula is C14H18F2NO6S2-. The number of hydrogen-bond donors (Lipinski definition) is 0. The van der Waals surface area contributed by atoms with Crippen LogP contribution in [-0.4, -0.2) is 48.3 Å². The van der Waals surface area contributed by atoms with Crippen LogP contribution in [0.2, 0.25) is 0 Å². The Bertz CT molecular complexity index is 754. The molecule has 0 aromatic heterocycles. The Morgan fingerprint density at radius 2 is 1.96 bits per heavy atom. The van der Waals surface area contributed by atoms with E-state index in [4.69, 9.17) is 0 Å². The molecular weight excluding hydrogens is 380 g/mol. The normalized spacial score (nSPS) is 12.7. The molecule has 0 fully saturated rings. The van der Waals surface area contributed by atoms with Gasteiger partial charge in [-0.05, 0) is 25.0 Å². The number of benzene rings is 1. The lowest BCUT2D eigenvalue weighted by Gasteiger charge is -2.27. The van der Waals surface area contributed by atoms with Crippen molar-refractivity contribution in [2.24, 2.45) is 0 Å². The summed E-state index contributed by atoms with van der Waals surface area (Å²) in [6.45, 7) is 1.35. The van der Waals surface area contributed by atoms with Gasteiger partial charge in [0.2, 0.25) is 0 Å². The minimum atomic E-state index is -3.33. The summed E-state index contributed by atoms with van der Waals surface area (Å²) in [6.07, 6.45) is 0.343. The van der Waals surface area contributed by atoms with Crippen LogP contribution in [0.5, 0.6) is 0 Å². The number of methoxy groups -OCH3 is 1. The Labute approximate surface area is 147 Å². The van der Waals surface area contributed by atoms with Crippen molar-refractivity contribution in [3.05, 3.63) is 29.3 Å². The summed E-state index contributed by atoms with van der Waals surface area (Å²) in [5.41, 5.74) is -1.59. The second kappa shape index (κ2) is 9.20. The lowest BCUT2D eigenvalue weighted by molar-refractivity contribution is 0.0590. The van der Waals surface area contributed by atoms with Crippen LogP contribution < -0.4 is 4.31 Å². The van der Waals surface area contributed by atoms with E-state index in [2.05, 4.69) is 4.74 Å². The predicted molar refractivity (Wildman–Crippen MR) is 87.5 cm³/mol. The number of halogens is 2. The van der Waals surface area contributed by atoms with Crippen molar-refractivity contribution in [2.45, 2.75) is 19.8 Å². The molecule has 0 bridgehead atoms. The second-order valence-corrected chi connectivity index (χ2v) is 8.25. The highest BCUT2D eigenvalue weighted by Crippen LogP contribution is 2.26. The first kappa shape index (κ1) is 21.5. The Kier molecular flexibility index (Phi) is 7.90. The molecule has 0 aliphatic rings. The van der Waals surface area contributed by atoms with Crippen LogP contribution in [0.1, 0.15) is 30.1 Å². The van der Waals surface area contributed by atoms with E-state index >= 15 is 0 Å². The summed E-state index contributed by atoms with van der Waals surface area (Å²) in [4.78, 5) is 11.5. The third-order valence-corrected chi connectivity index (χ3v) is 5.92. The molecule has 0 saturated carbocycles. The monoisotopic (exact) mass is 398 g/mol. The zero-order valence-corrected chi connectivity index (χ0v) is 15.3. The molecule has 0 spiro atoms. The molecule has 142 valence electrons. The van der Waals surface area contributed by atoms with Gasteiger partial charge in [0.25, 0.3) is 0 Å². The molecule has 1 rings (SSSR count). The lowest BCUT2D eigenvalue weighted by atomic mass is 10.1.